The SMILES string of the molecule is CCNC(C)CCCCS(=O)(=O)c1cc(Cl)ccc1Cl. The Morgan fingerprint density at radius 2 is 1.95 bits per heavy atom. The smallest absolute Gasteiger partial charge is 0.179 e. The molecule has 0 amide bonds. The highest BCUT2D eigenvalue weighted by molar-refractivity contribution is 7.91. The molecule has 0 aliphatic rings. The van der Waals surface area contributed by atoms with Gasteiger partial charge in [0.15, 0.2) is 9.84 Å². The molecule has 0 aliphatic carbocycles. The number of nitrogens with one attached hydrogen (secondary N) is 1. The largest absolute Gasteiger partial charge is 0.315 e. The number of hydrogen-bond donors (Lipinski definition) is 1. The molecule has 114 valence electrons. The van der Waals surface area contributed by atoms with Crippen LogP contribution in [0, 0.1) is 0 Å². The van der Waals surface area contributed by atoms with Gasteiger partial charge in [-0.2, -0.15) is 0 Å². The van der Waals surface area contributed by atoms with Crippen LogP contribution in [0.15, 0.2) is 23.1 Å². The maximum Gasteiger partial charge on any atom is 0.179 e. The van der Waals surface area contributed by atoms with E-state index >= 15 is 0 Å². The van der Waals surface area contributed by atoms with Crippen molar-refractivity contribution >= 4 is 33.0 Å². The van der Waals surface area contributed by atoms with Gasteiger partial charge in [-0.1, -0.05) is 36.5 Å². The average molecular weight is 338 g/mol. The Kier molecular flexibility index (Phi) is 7.30. The lowest BCUT2D eigenvalue weighted by Gasteiger charge is -2.12. The van der Waals surface area contributed by atoms with Gasteiger partial charge in [0.05, 0.1) is 15.7 Å². The molecule has 3 nitrogen and oxygen atoms in total. The Labute approximate surface area is 131 Å². The summed E-state index contributed by atoms with van der Waals surface area (Å²) in [5.74, 6) is 0.103. The quantitative estimate of drug-likeness (QED) is 0.731. The highest BCUT2D eigenvalue weighted by atomic mass is 35.5. The van der Waals surface area contributed by atoms with Crippen molar-refractivity contribution in [2.24, 2.45) is 0 Å². The van der Waals surface area contributed by atoms with Gasteiger partial charge in [-0.15, -0.1) is 0 Å². The van der Waals surface area contributed by atoms with Crippen LogP contribution >= 0.6 is 23.2 Å². The minimum absolute atomic E-state index is 0.103. The Balaban J connectivity index is 2.56. The van der Waals surface area contributed by atoms with Crippen molar-refractivity contribution in [1.82, 2.24) is 5.32 Å². The Morgan fingerprint density at radius 3 is 2.60 bits per heavy atom. The fraction of sp³-hybridized carbons (Fsp3) is 0.571. The van der Waals surface area contributed by atoms with Crippen LogP contribution in [0.2, 0.25) is 10.0 Å². The molecule has 1 rings (SSSR count). The molecular formula is C14H21Cl2NO2S. The molecule has 1 unspecified atom stereocenters. The molecule has 0 saturated carbocycles. The molecular weight excluding hydrogens is 317 g/mol. The first-order valence-electron chi connectivity index (χ1n) is 6.78. The van der Waals surface area contributed by atoms with E-state index < -0.39 is 9.84 Å². The van der Waals surface area contributed by atoms with Gasteiger partial charge in [0, 0.05) is 11.1 Å². The van der Waals surface area contributed by atoms with Gasteiger partial charge in [0.2, 0.25) is 0 Å². The first-order chi connectivity index (χ1) is 9.36. The summed E-state index contributed by atoms with van der Waals surface area (Å²) in [5.41, 5.74) is 0. The first kappa shape index (κ1) is 17.8. The highest BCUT2D eigenvalue weighted by Crippen LogP contribution is 2.26. The van der Waals surface area contributed by atoms with Crippen LogP contribution in [0.25, 0.3) is 0 Å². The molecule has 1 aromatic carbocycles. The van der Waals surface area contributed by atoms with E-state index in [1.165, 1.54) is 12.1 Å². The molecule has 0 saturated heterocycles. The summed E-state index contributed by atoms with van der Waals surface area (Å²) in [5, 5.41) is 3.92. The predicted molar refractivity (Wildman–Crippen MR) is 85.5 cm³/mol. The Bertz CT molecular complexity index is 532. The number of hydrogen-bond acceptors (Lipinski definition) is 3. The maximum absolute atomic E-state index is 12.2. The summed E-state index contributed by atoms with van der Waals surface area (Å²) in [6.45, 7) is 5.09. The van der Waals surface area contributed by atoms with Crippen LogP contribution < -0.4 is 5.32 Å². The second kappa shape index (κ2) is 8.23. The molecule has 20 heavy (non-hydrogen) atoms. The topological polar surface area (TPSA) is 46.2 Å². The average Bonchev–Trinajstić information content (AvgIpc) is 2.38. The summed E-state index contributed by atoms with van der Waals surface area (Å²) in [4.78, 5) is 0.131. The van der Waals surface area contributed by atoms with Crippen LogP contribution in [0.3, 0.4) is 0 Å². The van der Waals surface area contributed by atoms with E-state index in [9.17, 15) is 8.42 Å². The van der Waals surface area contributed by atoms with Crippen LogP contribution in [0.1, 0.15) is 33.1 Å². The fourth-order valence-electron chi connectivity index (χ4n) is 2.02. The van der Waals surface area contributed by atoms with E-state index in [1.807, 2.05) is 0 Å². The fourth-order valence-corrected chi connectivity index (χ4v) is 4.20. The zero-order valence-corrected chi connectivity index (χ0v) is 14.2. The van der Waals surface area contributed by atoms with E-state index in [0.717, 1.165) is 19.4 Å². The standard InChI is InChI=1S/C14H21Cl2NO2S/c1-3-17-11(2)6-4-5-9-20(18,19)14-10-12(15)7-8-13(14)16/h7-8,10-11,17H,3-6,9H2,1-2H3. The Hall–Kier alpha value is -0.290. The van der Waals surface area contributed by atoms with Crippen LogP contribution in [0.4, 0.5) is 0 Å². The minimum Gasteiger partial charge on any atom is -0.315 e. The monoisotopic (exact) mass is 337 g/mol. The molecule has 0 heterocycles. The zero-order chi connectivity index (χ0) is 15.2. The third-order valence-electron chi connectivity index (χ3n) is 3.08. The van der Waals surface area contributed by atoms with Crippen LogP contribution in [-0.4, -0.2) is 26.8 Å². The number of benzene rings is 1. The van der Waals surface area contributed by atoms with Gasteiger partial charge in [0.1, 0.15) is 0 Å². The van der Waals surface area contributed by atoms with Gasteiger partial charge in [-0.05, 0) is 44.5 Å². The molecule has 1 aromatic rings. The highest BCUT2D eigenvalue weighted by Gasteiger charge is 2.18. The molecule has 6 heteroatoms. The van der Waals surface area contributed by atoms with Gasteiger partial charge < -0.3 is 5.32 Å². The number of sulfone groups is 1. The maximum atomic E-state index is 12.2. The van der Waals surface area contributed by atoms with Crippen LogP contribution in [0.5, 0.6) is 0 Å². The van der Waals surface area contributed by atoms with E-state index in [2.05, 4.69) is 19.2 Å². The molecule has 0 aromatic heterocycles. The lowest BCUT2D eigenvalue weighted by atomic mass is 10.1. The van der Waals surface area contributed by atoms with Crippen molar-refractivity contribution in [2.75, 3.05) is 12.3 Å². The van der Waals surface area contributed by atoms with Crippen molar-refractivity contribution in [3.05, 3.63) is 28.2 Å². The molecule has 0 spiro atoms. The third-order valence-corrected chi connectivity index (χ3v) is 5.59. The van der Waals surface area contributed by atoms with Crippen molar-refractivity contribution in [2.45, 2.75) is 44.0 Å². The lowest BCUT2D eigenvalue weighted by molar-refractivity contribution is 0.507. The van der Waals surface area contributed by atoms with E-state index in [-0.39, 0.29) is 15.7 Å². The normalized spacial score (nSPS) is 13.4. The van der Waals surface area contributed by atoms with Crippen molar-refractivity contribution in [3.8, 4) is 0 Å². The third kappa shape index (κ3) is 5.60. The summed E-state index contributed by atoms with van der Waals surface area (Å²) < 4.78 is 24.4. The molecule has 0 fully saturated rings. The molecule has 0 aliphatic heterocycles. The van der Waals surface area contributed by atoms with E-state index in [1.54, 1.807) is 6.07 Å². The minimum atomic E-state index is -3.36. The van der Waals surface area contributed by atoms with Crippen LogP contribution in [-0.2, 0) is 9.84 Å². The number of rotatable bonds is 8. The second-order valence-electron chi connectivity index (χ2n) is 4.85. The number of halogens is 2. The molecule has 0 bridgehead atoms. The van der Waals surface area contributed by atoms with E-state index in [4.69, 9.17) is 23.2 Å². The van der Waals surface area contributed by atoms with Gasteiger partial charge >= 0.3 is 0 Å². The predicted octanol–water partition coefficient (Wildman–Crippen LogP) is 3.94. The first-order valence-corrected chi connectivity index (χ1v) is 9.19. The zero-order valence-electron chi connectivity index (χ0n) is 11.8. The second-order valence-corrected chi connectivity index (χ2v) is 7.77. The summed E-state index contributed by atoms with van der Waals surface area (Å²) >= 11 is 11.8. The van der Waals surface area contributed by atoms with Crippen molar-refractivity contribution < 1.29 is 8.42 Å². The molecule has 1 N–H and O–H groups in total. The van der Waals surface area contributed by atoms with Gasteiger partial charge in [-0.25, -0.2) is 8.42 Å². The summed E-state index contributed by atoms with van der Waals surface area (Å²) in [6.07, 6.45) is 2.46. The van der Waals surface area contributed by atoms with Gasteiger partial charge in [-0.3, -0.25) is 0 Å². The molecule has 1 atom stereocenters. The Morgan fingerprint density at radius 1 is 1.25 bits per heavy atom. The van der Waals surface area contributed by atoms with Crippen molar-refractivity contribution in [1.29, 1.82) is 0 Å². The molecule has 0 radical (unpaired) electrons. The van der Waals surface area contributed by atoms with Crippen molar-refractivity contribution in [3.63, 3.8) is 0 Å². The lowest BCUT2D eigenvalue weighted by Crippen LogP contribution is -2.25. The number of unbranched alkanes of at least 4 members (excludes halogenated alkanes) is 1. The summed E-state index contributed by atoms with van der Waals surface area (Å²) in [7, 11) is -3.36. The van der Waals surface area contributed by atoms with Gasteiger partial charge in [0.25, 0.3) is 0 Å². The van der Waals surface area contributed by atoms with E-state index in [0.29, 0.717) is 17.5 Å². The summed E-state index contributed by atoms with van der Waals surface area (Å²) in [6, 6.07) is 4.93.